The number of hydrogen-bond donors (Lipinski definition) is 5. The lowest BCUT2D eigenvalue weighted by Gasteiger charge is -2.26. The molecule has 0 saturated heterocycles. The van der Waals surface area contributed by atoms with E-state index in [1.54, 1.807) is 13.8 Å². The molecule has 1 aliphatic rings. The normalized spacial score (nSPS) is 17.7. The lowest BCUT2D eigenvalue weighted by Crippen LogP contribution is -2.57. The first-order valence-electron chi connectivity index (χ1n) is 13.4. The first-order chi connectivity index (χ1) is 17.3. The van der Waals surface area contributed by atoms with E-state index in [0.717, 1.165) is 38.5 Å². The molecular weight excluding hydrogens is 498 g/mol. The molecule has 37 heavy (non-hydrogen) atoms. The monoisotopic (exact) mass is 545 g/mol. The SMILES string of the molecule is CC(C)C[C@H](NC(=O)[C@H](C)NC(=O)[C@@H](NC(=O)CN)C(C)C)C(=O)NS(=O)(=O)CC1CCCCCCC1. The second-order valence-corrected chi connectivity index (χ2v) is 12.6. The van der Waals surface area contributed by atoms with Crippen LogP contribution < -0.4 is 26.4 Å². The van der Waals surface area contributed by atoms with Crippen LogP contribution in [-0.2, 0) is 29.2 Å². The largest absolute Gasteiger partial charge is 0.343 e. The number of amides is 4. The molecule has 214 valence electrons. The van der Waals surface area contributed by atoms with E-state index >= 15 is 0 Å². The standard InChI is InChI=1S/C25H47N5O6S/c1-16(2)13-20(24(33)30-37(35,36)15-19-11-9-7-6-8-10-12-19)28-23(32)18(5)27-25(34)22(17(3)4)29-21(31)14-26/h16-20,22H,6-15,26H2,1-5H3,(H,27,34)(H,28,32)(H,29,31)(H,30,33)/t18-,20-,22-/m0/s1. The molecule has 12 heteroatoms. The quantitative estimate of drug-likeness (QED) is 0.228. The fourth-order valence-corrected chi connectivity index (χ4v) is 5.91. The number of carbonyl (C=O) groups is 4. The summed E-state index contributed by atoms with van der Waals surface area (Å²) in [5, 5.41) is 7.65. The van der Waals surface area contributed by atoms with Crippen LogP contribution in [0.25, 0.3) is 0 Å². The van der Waals surface area contributed by atoms with Crippen molar-refractivity contribution in [2.45, 2.75) is 104 Å². The molecule has 1 rings (SSSR count). The van der Waals surface area contributed by atoms with Crippen molar-refractivity contribution in [1.29, 1.82) is 0 Å². The third kappa shape index (κ3) is 12.7. The van der Waals surface area contributed by atoms with E-state index in [2.05, 4.69) is 20.7 Å². The van der Waals surface area contributed by atoms with Crippen LogP contribution in [0.2, 0.25) is 0 Å². The van der Waals surface area contributed by atoms with E-state index < -0.39 is 51.8 Å². The molecular formula is C25H47N5O6S. The molecule has 0 aromatic rings. The second kappa shape index (κ2) is 15.9. The number of carbonyl (C=O) groups excluding carboxylic acids is 4. The van der Waals surface area contributed by atoms with E-state index in [9.17, 15) is 27.6 Å². The summed E-state index contributed by atoms with van der Waals surface area (Å²) in [6, 6.07) is -3.01. The van der Waals surface area contributed by atoms with Crippen molar-refractivity contribution in [1.82, 2.24) is 20.7 Å². The van der Waals surface area contributed by atoms with Crippen LogP contribution in [0.4, 0.5) is 0 Å². The van der Waals surface area contributed by atoms with Gasteiger partial charge in [0.1, 0.15) is 18.1 Å². The van der Waals surface area contributed by atoms with Gasteiger partial charge in [0.05, 0.1) is 12.3 Å². The summed E-state index contributed by atoms with van der Waals surface area (Å²) in [6.45, 7) is 8.37. The minimum atomic E-state index is -3.87. The van der Waals surface area contributed by atoms with Gasteiger partial charge in [-0.25, -0.2) is 8.42 Å². The van der Waals surface area contributed by atoms with Crippen molar-refractivity contribution < 1.29 is 27.6 Å². The van der Waals surface area contributed by atoms with Gasteiger partial charge in [0.25, 0.3) is 5.91 Å². The minimum Gasteiger partial charge on any atom is -0.343 e. The summed E-state index contributed by atoms with van der Waals surface area (Å²) < 4.78 is 27.7. The Labute approximate surface area is 221 Å². The summed E-state index contributed by atoms with van der Waals surface area (Å²) in [4.78, 5) is 50.1. The van der Waals surface area contributed by atoms with Crippen molar-refractivity contribution in [3.05, 3.63) is 0 Å². The fourth-order valence-electron chi connectivity index (χ4n) is 4.42. The van der Waals surface area contributed by atoms with Gasteiger partial charge in [-0.3, -0.25) is 23.9 Å². The molecule has 0 aliphatic heterocycles. The van der Waals surface area contributed by atoms with Gasteiger partial charge in [-0.1, -0.05) is 59.8 Å². The Morgan fingerprint density at radius 1 is 0.811 bits per heavy atom. The number of nitrogens with one attached hydrogen (secondary N) is 4. The molecule has 11 nitrogen and oxygen atoms in total. The third-order valence-corrected chi connectivity index (χ3v) is 7.90. The summed E-state index contributed by atoms with van der Waals surface area (Å²) in [5.74, 6) is -2.86. The molecule has 1 saturated carbocycles. The first kappa shape index (κ1) is 32.8. The van der Waals surface area contributed by atoms with E-state index in [0.29, 0.717) is 0 Å². The lowest BCUT2D eigenvalue weighted by molar-refractivity contribution is -0.133. The van der Waals surface area contributed by atoms with Crippen molar-refractivity contribution in [2.75, 3.05) is 12.3 Å². The Morgan fingerprint density at radius 3 is 1.89 bits per heavy atom. The van der Waals surface area contributed by atoms with Crippen LogP contribution in [-0.4, -0.2) is 62.5 Å². The Bertz CT molecular complexity index is 869. The molecule has 4 amide bonds. The molecule has 0 bridgehead atoms. The van der Waals surface area contributed by atoms with Crippen molar-refractivity contribution in [3.8, 4) is 0 Å². The predicted molar refractivity (Wildman–Crippen MR) is 143 cm³/mol. The molecule has 0 unspecified atom stereocenters. The van der Waals surface area contributed by atoms with Crippen LogP contribution in [0.5, 0.6) is 0 Å². The molecule has 0 radical (unpaired) electrons. The molecule has 0 aromatic carbocycles. The highest BCUT2D eigenvalue weighted by molar-refractivity contribution is 7.90. The zero-order valence-corrected chi connectivity index (χ0v) is 23.8. The predicted octanol–water partition coefficient (Wildman–Crippen LogP) is 0.928. The third-order valence-electron chi connectivity index (χ3n) is 6.48. The van der Waals surface area contributed by atoms with E-state index in [1.165, 1.54) is 13.3 Å². The molecule has 0 spiro atoms. The van der Waals surface area contributed by atoms with Crippen LogP contribution in [0, 0.1) is 17.8 Å². The minimum absolute atomic E-state index is 0.00707. The highest BCUT2D eigenvalue weighted by Gasteiger charge is 2.31. The zero-order valence-electron chi connectivity index (χ0n) is 23.0. The Hall–Kier alpha value is -2.21. The van der Waals surface area contributed by atoms with Gasteiger partial charge in [0.2, 0.25) is 27.7 Å². The molecule has 1 aliphatic carbocycles. The van der Waals surface area contributed by atoms with Gasteiger partial charge in [-0.15, -0.1) is 0 Å². The maximum atomic E-state index is 12.9. The Morgan fingerprint density at radius 2 is 1.38 bits per heavy atom. The number of rotatable bonds is 13. The van der Waals surface area contributed by atoms with E-state index in [1.807, 2.05) is 13.8 Å². The highest BCUT2D eigenvalue weighted by atomic mass is 32.2. The van der Waals surface area contributed by atoms with Gasteiger partial charge in [-0.2, -0.15) is 0 Å². The average Bonchev–Trinajstić information content (AvgIpc) is 2.77. The van der Waals surface area contributed by atoms with Crippen molar-refractivity contribution in [2.24, 2.45) is 23.5 Å². The van der Waals surface area contributed by atoms with Crippen LogP contribution in [0.15, 0.2) is 0 Å². The molecule has 0 aromatic heterocycles. The first-order valence-corrected chi connectivity index (χ1v) is 15.1. The lowest BCUT2D eigenvalue weighted by atomic mass is 9.93. The summed E-state index contributed by atoms with van der Waals surface area (Å²) in [6.07, 6.45) is 7.19. The van der Waals surface area contributed by atoms with Crippen LogP contribution >= 0.6 is 0 Å². The zero-order chi connectivity index (χ0) is 28.2. The maximum absolute atomic E-state index is 12.9. The summed E-state index contributed by atoms with van der Waals surface area (Å²) in [5.41, 5.74) is 5.31. The Kier molecular flexibility index (Phi) is 14.1. The summed E-state index contributed by atoms with van der Waals surface area (Å²) >= 11 is 0. The summed E-state index contributed by atoms with van der Waals surface area (Å²) in [7, 11) is -3.87. The van der Waals surface area contributed by atoms with E-state index in [4.69, 9.17) is 5.73 Å². The van der Waals surface area contributed by atoms with Gasteiger partial charge in [0.15, 0.2) is 0 Å². The van der Waals surface area contributed by atoms with Gasteiger partial charge < -0.3 is 21.7 Å². The van der Waals surface area contributed by atoms with Gasteiger partial charge in [0, 0.05) is 0 Å². The molecule has 0 heterocycles. The van der Waals surface area contributed by atoms with Crippen molar-refractivity contribution >= 4 is 33.7 Å². The molecule has 6 N–H and O–H groups in total. The second-order valence-electron chi connectivity index (χ2n) is 10.9. The number of hydrogen-bond acceptors (Lipinski definition) is 7. The van der Waals surface area contributed by atoms with Gasteiger partial charge in [-0.05, 0) is 43.9 Å². The van der Waals surface area contributed by atoms with Crippen molar-refractivity contribution in [3.63, 3.8) is 0 Å². The van der Waals surface area contributed by atoms with Gasteiger partial charge >= 0.3 is 0 Å². The van der Waals surface area contributed by atoms with E-state index in [-0.39, 0.29) is 36.5 Å². The number of sulfonamides is 1. The highest BCUT2D eigenvalue weighted by Crippen LogP contribution is 2.23. The fraction of sp³-hybridized carbons (Fsp3) is 0.840. The number of nitrogens with two attached hydrogens (primary N) is 1. The molecule has 1 fully saturated rings. The Balaban J connectivity index is 2.81. The smallest absolute Gasteiger partial charge is 0.256 e. The molecule has 3 atom stereocenters. The maximum Gasteiger partial charge on any atom is 0.256 e. The van der Waals surface area contributed by atoms with Crippen LogP contribution in [0.1, 0.15) is 86.0 Å². The van der Waals surface area contributed by atoms with Crippen LogP contribution in [0.3, 0.4) is 0 Å². The topological polar surface area (TPSA) is 177 Å². The average molecular weight is 546 g/mol.